The van der Waals surface area contributed by atoms with E-state index in [0.29, 0.717) is 12.2 Å². The quantitative estimate of drug-likeness (QED) is 0.751. The molecule has 2 rings (SSSR count). The number of rotatable bonds is 4. The van der Waals surface area contributed by atoms with Gasteiger partial charge in [-0.15, -0.1) is 0 Å². The SMILES string of the molecule is COCc1cccc(C(=O)OC2(C)CCC2)c1. The Bertz CT molecular complexity index is 408. The lowest BCUT2D eigenvalue weighted by atomic mass is 9.82. The molecule has 3 heteroatoms. The van der Waals surface area contributed by atoms with Crippen molar-refractivity contribution in [3.63, 3.8) is 0 Å². The molecule has 0 aromatic heterocycles. The van der Waals surface area contributed by atoms with Crippen LogP contribution in [-0.2, 0) is 16.1 Å². The van der Waals surface area contributed by atoms with Crippen molar-refractivity contribution in [2.75, 3.05) is 7.11 Å². The molecule has 0 N–H and O–H groups in total. The molecule has 1 aromatic carbocycles. The second kappa shape index (κ2) is 4.88. The van der Waals surface area contributed by atoms with E-state index in [9.17, 15) is 4.79 Å². The Morgan fingerprint density at radius 3 is 2.76 bits per heavy atom. The van der Waals surface area contributed by atoms with Gasteiger partial charge in [-0.25, -0.2) is 4.79 Å². The van der Waals surface area contributed by atoms with Crippen LogP contribution in [-0.4, -0.2) is 18.7 Å². The van der Waals surface area contributed by atoms with Gasteiger partial charge in [-0.2, -0.15) is 0 Å². The maximum atomic E-state index is 11.9. The standard InChI is InChI=1S/C14H18O3/c1-14(7-4-8-14)17-13(15)12-6-3-5-11(9-12)10-16-2/h3,5-6,9H,4,7-8,10H2,1-2H3. The van der Waals surface area contributed by atoms with Gasteiger partial charge in [-0.3, -0.25) is 0 Å². The number of methoxy groups -OCH3 is 1. The molecule has 1 fully saturated rings. The van der Waals surface area contributed by atoms with Crippen LogP contribution < -0.4 is 0 Å². The largest absolute Gasteiger partial charge is 0.456 e. The van der Waals surface area contributed by atoms with Crippen molar-refractivity contribution < 1.29 is 14.3 Å². The second-order valence-corrected chi connectivity index (χ2v) is 4.83. The molecule has 0 saturated heterocycles. The number of benzene rings is 1. The molecule has 17 heavy (non-hydrogen) atoms. The topological polar surface area (TPSA) is 35.5 Å². The third-order valence-corrected chi connectivity index (χ3v) is 3.22. The first-order valence-corrected chi connectivity index (χ1v) is 5.94. The molecule has 0 amide bonds. The molecular formula is C14H18O3. The van der Waals surface area contributed by atoms with Crippen LogP contribution >= 0.6 is 0 Å². The Kier molecular flexibility index (Phi) is 3.48. The van der Waals surface area contributed by atoms with E-state index in [1.54, 1.807) is 13.2 Å². The van der Waals surface area contributed by atoms with Crippen molar-refractivity contribution >= 4 is 5.97 Å². The van der Waals surface area contributed by atoms with Crippen LogP contribution in [0.1, 0.15) is 42.1 Å². The fraction of sp³-hybridized carbons (Fsp3) is 0.500. The monoisotopic (exact) mass is 234 g/mol. The van der Waals surface area contributed by atoms with Crippen molar-refractivity contribution in [3.05, 3.63) is 35.4 Å². The summed E-state index contributed by atoms with van der Waals surface area (Å²) < 4.78 is 10.6. The van der Waals surface area contributed by atoms with Gasteiger partial charge in [-0.05, 0) is 43.9 Å². The van der Waals surface area contributed by atoms with E-state index in [2.05, 4.69) is 0 Å². The van der Waals surface area contributed by atoms with Gasteiger partial charge in [0.2, 0.25) is 0 Å². The summed E-state index contributed by atoms with van der Waals surface area (Å²) in [6.07, 6.45) is 3.08. The summed E-state index contributed by atoms with van der Waals surface area (Å²) in [4.78, 5) is 11.9. The van der Waals surface area contributed by atoms with E-state index >= 15 is 0 Å². The van der Waals surface area contributed by atoms with E-state index in [0.717, 1.165) is 24.8 Å². The van der Waals surface area contributed by atoms with Crippen molar-refractivity contribution in [1.82, 2.24) is 0 Å². The highest BCUT2D eigenvalue weighted by atomic mass is 16.6. The third-order valence-electron chi connectivity index (χ3n) is 3.22. The molecule has 0 aliphatic heterocycles. The van der Waals surface area contributed by atoms with E-state index in [4.69, 9.17) is 9.47 Å². The van der Waals surface area contributed by atoms with E-state index in [1.165, 1.54) is 0 Å². The van der Waals surface area contributed by atoms with E-state index in [1.807, 2.05) is 25.1 Å². The highest BCUT2D eigenvalue weighted by Crippen LogP contribution is 2.35. The Morgan fingerprint density at radius 2 is 2.18 bits per heavy atom. The highest BCUT2D eigenvalue weighted by Gasteiger charge is 2.35. The number of carbonyl (C=O) groups excluding carboxylic acids is 1. The van der Waals surface area contributed by atoms with Crippen molar-refractivity contribution in [2.45, 2.75) is 38.4 Å². The predicted molar refractivity (Wildman–Crippen MR) is 64.8 cm³/mol. The first kappa shape index (κ1) is 12.1. The summed E-state index contributed by atoms with van der Waals surface area (Å²) in [7, 11) is 1.64. The van der Waals surface area contributed by atoms with Gasteiger partial charge in [0.15, 0.2) is 0 Å². The summed E-state index contributed by atoms with van der Waals surface area (Å²) in [5, 5.41) is 0. The molecule has 0 spiro atoms. The van der Waals surface area contributed by atoms with Gasteiger partial charge in [0.05, 0.1) is 12.2 Å². The lowest BCUT2D eigenvalue weighted by Gasteiger charge is -2.37. The fourth-order valence-corrected chi connectivity index (χ4v) is 2.01. The first-order valence-electron chi connectivity index (χ1n) is 5.94. The molecule has 3 nitrogen and oxygen atoms in total. The molecule has 1 saturated carbocycles. The highest BCUT2D eigenvalue weighted by molar-refractivity contribution is 5.89. The van der Waals surface area contributed by atoms with E-state index in [-0.39, 0.29) is 11.6 Å². The Hall–Kier alpha value is -1.35. The van der Waals surface area contributed by atoms with Crippen LogP contribution in [0, 0.1) is 0 Å². The zero-order chi connectivity index (χ0) is 12.3. The first-order chi connectivity index (χ1) is 8.13. The molecule has 1 aliphatic rings. The number of hydrogen-bond donors (Lipinski definition) is 0. The maximum Gasteiger partial charge on any atom is 0.338 e. The minimum atomic E-state index is -0.242. The number of ether oxygens (including phenoxy) is 2. The summed E-state index contributed by atoms with van der Waals surface area (Å²) in [6, 6.07) is 7.40. The van der Waals surface area contributed by atoms with Crippen molar-refractivity contribution in [1.29, 1.82) is 0 Å². The molecule has 92 valence electrons. The van der Waals surface area contributed by atoms with Crippen molar-refractivity contribution in [3.8, 4) is 0 Å². The molecule has 0 radical (unpaired) electrons. The third kappa shape index (κ3) is 2.86. The molecular weight excluding hydrogens is 216 g/mol. The van der Waals surface area contributed by atoms with Gasteiger partial charge in [0.1, 0.15) is 5.60 Å². The molecule has 0 heterocycles. The average Bonchev–Trinajstić information content (AvgIpc) is 2.28. The maximum absolute atomic E-state index is 11.9. The lowest BCUT2D eigenvalue weighted by Crippen LogP contribution is -2.38. The zero-order valence-corrected chi connectivity index (χ0v) is 10.4. The van der Waals surface area contributed by atoms with Crippen molar-refractivity contribution in [2.24, 2.45) is 0 Å². The number of carbonyl (C=O) groups is 1. The van der Waals surface area contributed by atoms with Crippen LogP contribution in [0.25, 0.3) is 0 Å². The second-order valence-electron chi connectivity index (χ2n) is 4.83. The summed E-state index contributed by atoms with van der Waals surface area (Å²) in [5.41, 5.74) is 1.35. The smallest absolute Gasteiger partial charge is 0.338 e. The van der Waals surface area contributed by atoms with Gasteiger partial charge in [-0.1, -0.05) is 12.1 Å². The molecule has 0 atom stereocenters. The molecule has 1 aromatic rings. The van der Waals surface area contributed by atoms with Gasteiger partial charge in [0, 0.05) is 7.11 Å². The van der Waals surface area contributed by atoms with Gasteiger partial charge < -0.3 is 9.47 Å². The van der Waals surface area contributed by atoms with Gasteiger partial charge >= 0.3 is 5.97 Å². The van der Waals surface area contributed by atoms with Crippen LogP contribution in [0.5, 0.6) is 0 Å². The fourth-order valence-electron chi connectivity index (χ4n) is 2.01. The van der Waals surface area contributed by atoms with Crippen LogP contribution in [0.4, 0.5) is 0 Å². The lowest BCUT2D eigenvalue weighted by molar-refractivity contribution is -0.0498. The zero-order valence-electron chi connectivity index (χ0n) is 10.4. The summed E-state index contributed by atoms with van der Waals surface area (Å²) >= 11 is 0. The normalized spacial score (nSPS) is 17.3. The molecule has 1 aliphatic carbocycles. The van der Waals surface area contributed by atoms with Crippen LogP contribution in [0.15, 0.2) is 24.3 Å². The molecule has 0 bridgehead atoms. The molecule has 0 unspecified atom stereocenters. The summed E-state index contributed by atoms with van der Waals surface area (Å²) in [6.45, 7) is 2.51. The Balaban J connectivity index is 2.05. The predicted octanol–water partition coefficient (Wildman–Crippen LogP) is 2.93. The number of hydrogen-bond acceptors (Lipinski definition) is 3. The Morgan fingerprint density at radius 1 is 1.41 bits per heavy atom. The van der Waals surface area contributed by atoms with E-state index < -0.39 is 0 Å². The van der Waals surface area contributed by atoms with Crippen LogP contribution in [0.3, 0.4) is 0 Å². The van der Waals surface area contributed by atoms with Gasteiger partial charge in [0.25, 0.3) is 0 Å². The average molecular weight is 234 g/mol. The Labute approximate surface area is 102 Å². The minimum absolute atomic E-state index is 0.231. The minimum Gasteiger partial charge on any atom is -0.456 e. The number of esters is 1. The summed E-state index contributed by atoms with van der Waals surface area (Å²) in [5.74, 6) is -0.231. The van der Waals surface area contributed by atoms with Crippen LogP contribution in [0.2, 0.25) is 0 Å².